The molecular weight excluding hydrogens is 1080 g/mol. The molecule has 4 rings (SSSR count). The van der Waals surface area contributed by atoms with Crippen LogP contribution in [-0.2, 0) is 0 Å². The number of unbranched alkanes of at least 4 members (excludes halogenated alkanes) is 16. The molecule has 0 fully saturated rings. The van der Waals surface area contributed by atoms with E-state index in [4.69, 9.17) is 0 Å². The largest absolute Gasteiger partial charge is 0.323 e. The van der Waals surface area contributed by atoms with Crippen molar-refractivity contribution in [1.82, 2.24) is 0 Å². The molecule has 0 aliphatic carbocycles. The molecule has 0 amide bonds. The second-order valence-electron chi connectivity index (χ2n) is 20.2. The Balaban J connectivity index is 0.000000433. The smallest absolute Gasteiger partial charge is 0.200 e. The highest BCUT2D eigenvalue weighted by Crippen LogP contribution is 2.32. The average molecular weight is 1150 g/mol. The molecule has 0 radical (unpaired) electrons. The number of halogens is 20. The lowest BCUT2D eigenvalue weighted by molar-refractivity contribution is -0.932. The zero-order chi connectivity index (χ0) is 58.8. The van der Waals surface area contributed by atoms with Gasteiger partial charge in [-0.2, -0.15) is 0 Å². The summed E-state index contributed by atoms with van der Waals surface area (Å²) < 4.78 is 295. The third-order valence-electron chi connectivity index (χ3n) is 14.9. The van der Waals surface area contributed by atoms with Gasteiger partial charge in [0.2, 0.25) is 0 Å². The Kier molecular flexibility index (Phi) is 27.4. The molecule has 0 spiro atoms. The average Bonchev–Trinajstić information content (AvgIpc) is 3.61. The van der Waals surface area contributed by atoms with E-state index < -0.39 is 144 Å². The van der Waals surface area contributed by atoms with Gasteiger partial charge in [-0.05, 0) is 51.4 Å². The van der Waals surface area contributed by atoms with Crippen molar-refractivity contribution in [1.29, 1.82) is 0 Å². The summed E-state index contributed by atoms with van der Waals surface area (Å²) in [6.07, 6.45) is 24.5. The summed E-state index contributed by atoms with van der Waals surface area (Å²) in [6.45, 7) is 17.7. The van der Waals surface area contributed by atoms with Crippen molar-refractivity contribution >= 4 is 28.0 Å². The number of hydrogen-bond acceptors (Lipinski definition) is 0. The van der Waals surface area contributed by atoms with Crippen molar-refractivity contribution in [3.63, 3.8) is 0 Å². The van der Waals surface area contributed by atoms with Crippen molar-refractivity contribution in [2.24, 2.45) is 5.92 Å². The van der Waals surface area contributed by atoms with Gasteiger partial charge < -0.3 is 4.48 Å². The molecule has 1 nitrogen and oxygen atoms in total. The van der Waals surface area contributed by atoms with Crippen LogP contribution < -0.4 is 21.9 Å². The van der Waals surface area contributed by atoms with Crippen LogP contribution in [0.5, 0.6) is 0 Å². The number of nitrogens with zero attached hydrogens (tertiary/aromatic N) is 1. The minimum absolute atomic E-state index is 0.949. The first kappa shape index (κ1) is 67.8. The second kappa shape index (κ2) is 31.5. The van der Waals surface area contributed by atoms with Crippen LogP contribution in [0.1, 0.15) is 176 Å². The molecule has 1 atom stereocenters. The molecule has 0 saturated carbocycles. The highest BCUT2D eigenvalue weighted by Gasteiger charge is 2.52. The first-order valence-corrected chi connectivity index (χ1v) is 27.0. The van der Waals surface area contributed by atoms with Crippen LogP contribution in [-0.4, -0.2) is 36.8 Å². The minimum Gasteiger partial charge on any atom is -0.323 e. The Morgan fingerprint density at radius 2 is 0.449 bits per heavy atom. The molecule has 0 heterocycles. The van der Waals surface area contributed by atoms with Gasteiger partial charge in [-0.1, -0.05) is 125 Å². The van der Waals surface area contributed by atoms with Crippen LogP contribution in [0.2, 0.25) is 0 Å². The SMILES string of the molecule is CCCCCCCC[N+](CCCCCCCC)(CCCCCCCC)CC(CC)CCCC.Fc1c(F)c(F)c([B-](c2c(F)c(F)c(F)c(F)c2F)(c2c(F)c(F)c(F)c(F)c2F)c2c(F)c(F)c(F)c(F)c2F)c(F)c1F. The van der Waals surface area contributed by atoms with Crippen molar-refractivity contribution in [2.45, 2.75) is 176 Å². The van der Waals surface area contributed by atoms with Crippen LogP contribution in [0.15, 0.2) is 0 Å². The topological polar surface area (TPSA) is 0 Å². The quantitative estimate of drug-likeness (QED) is 0.0118. The molecule has 0 N–H and O–H groups in total. The Morgan fingerprint density at radius 1 is 0.256 bits per heavy atom. The van der Waals surface area contributed by atoms with Gasteiger partial charge in [-0.3, -0.25) is 0 Å². The van der Waals surface area contributed by atoms with Crippen LogP contribution in [0.4, 0.5) is 87.8 Å². The Labute approximate surface area is 443 Å². The van der Waals surface area contributed by atoms with E-state index in [1.807, 2.05) is 0 Å². The van der Waals surface area contributed by atoms with E-state index in [0.717, 1.165) is 5.92 Å². The lowest BCUT2D eigenvalue weighted by Crippen LogP contribution is -2.81. The molecule has 22 heteroatoms. The lowest BCUT2D eigenvalue weighted by atomic mass is 9.12. The fourth-order valence-electron chi connectivity index (χ4n) is 10.6. The van der Waals surface area contributed by atoms with E-state index in [-0.39, 0.29) is 0 Å². The molecule has 1 unspecified atom stereocenters. The van der Waals surface area contributed by atoms with Crippen molar-refractivity contribution in [3.8, 4) is 0 Å². The minimum atomic E-state index is -7.22. The molecule has 0 aromatic heterocycles. The van der Waals surface area contributed by atoms with Gasteiger partial charge in [0.05, 0.1) is 26.2 Å². The molecule has 0 aliphatic rings. The first-order chi connectivity index (χ1) is 36.9. The van der Waals surface area contributed by atoms with E-state index in [0.29, 0.717) is 0 Å². The predicted octanol–water partition coefficient (Wildman–Crippen LogP) is 16.9. The van der Waals surface area contributed by atoms with Crippen molar-refractivity contribution in [2.75, 3.05) is 26.2 Å². The number of rotatable bonds is 31. The van der Waals surface area contributed by atoms with Crippen LogP contribution >= 0.6 is 0 Å². The van der Waals surface area contributed by atoms with E-state index in [9.17, 15) is 52.7 Å². The fourth-order valence-corrected chi connectivity index (χ4v) is 10.6. The summed E-state index contributed by atoms with van der Waals surface area (Å²) in [6, 6.07) is 0. The maximum Gasteiger partial charge on any atom is 0.200 e. The van der Waals surface area contributed by atoms with Gasteiger partial charge in [-0.25, -0.2) is 87.8 Å². The third-order valence-corrected chi connectivity index (χ3v) is 14.9. The van der Waals surface area contributed by atoms with Crippen LogP contribution in [0.3, 0.4) is 0 Å². The van der Waals surface area contributed by atoms with E-state index in [2.05, 4.69) is 34.6 Å². The van der Waals surface area contributed by atoms with E-state index in [1.54, 1.807) is 0 Å². The van der Waals surface area contributed by atoms with Crippen molar-refractivity contribution < 1.29 is 92.3 Å². The molecule has 0 aliphatic heterocycles. The predicted molar refractivity (Wildman–Crippen MR) is 262 cm³/mol. The number of benzene rings is 4. The second-order valence-corrected chi connectivity index (χ2v) is 20.2. The van der Waals surface area contributed by atoms with Crippen molar-refractivity contribution in [3.05, 3.63) is 116 Å². The summed E-state index contributed by atoms with van der Waals surface area (Å²) in [5.74, 6) is -70.5. The van der Waals surface area contributed by atoms with Gasteiger partial charge in [0.15, 0.2) is 69.8 Å². The molecule has 4 aromatic rings. The third kappa shape index (κ3) is 15.1. The maximum atomic E-state index is 15.4. The van der Waals surface area contributed by atoms with Crippen LogP contribution in [0.25, 0.3) is 0 Å². The normalized spacial score (nSPS) is 12.4. The van der Waals surface area contributed by atoms with E-state index >= 15 is 35.1 Å². The number of quaternary nitrogens is 1. The standard InChI is InChI=1S/C32H68N.C24BF20/c1-6-11-15-18-21-24-28-33(29-25-22-19-16-12-7-2,30-26-23-20-17-13-8-3)31-32(10-5)27-14-9-4;26-5-1(6(27)14(35)21(42)13(5)34)25(2-7(28)15(36)22(43)16(37)8(2)29,3-9(30)17(38)23(44)18(39)10(3)31)4-11(32)19(40)24(45)20(41)12(4)33/h32H,6-31H2,1-5H3;/q+1;-1. The zero-order valence-corrected chi connectivity index (χ0v) is 44.5. The number of hydrogen-bond donors (Lipinski definition) is 0. The summed E-state index contributed by atoms with van der Waals surface area (Å²) >= 11 is 0. The molecular formula is C56H68BF20N. The molecule has 0 saturated heterocycles. The van der Waals surface area contributed by atoms with Gasteiger partial charge in [-0.15, -0.1) is 21.9 Å². The highest BCUT2D eigenvalue weighted by atomic mass is 19.2. The Hall–Kier alpha value is -4.50. The summed E-state index contributed by atoms with van der Waals surface area (Å²) in [5.41, 5.74) is -14.3. The van der Waals surface area contributed by atoms with Gasteiger partial charge in [0.25, 0.3) is 0 Å². The Bertz CT molecular complexity index is 2170. The monoisotopic (exact) mass is 1150 g/mol. The maximum absolute atomic E-state index is 15.4. The summed E-state index contributed by atoms with van der Waals surface area (Å²) in [4.78, 5) is 0. The van der Waals surface area contributed by atoms with Gasteiger partial charge >= 0.3 is 0 Å². The Morgan fingerprint density at radius 3 is 0.654 bits per heavy atom. The zero-order valence-electron chi connectivity index (χ0n) is 44.5. The fraction of sp³-hybridized carbons (Fsp3) is 0.571. The highest BCUT2D eigenvalue weighted by molar-refractivity contribution is 7.20. The summed E-state index contributed by atoms with van der Waals surface area (Å²) in [5, 5.41) is 0. The van der Waals surface area contributed by atoms with Gasteiger partial charge in [0.1, 0.15) is 52.7 Å². The van der Waals surface area contributed by atoms with Gasteiger partial charge in [0, 0.05) is 5.92 Å². The molecule has 0 bridgehead atoms. The van der Waals surface area contributed by atoms with Crippen LogP contribution in [0, 0.1) is 122 Å². The lowest BCUT2D eigenvalue weighted by Gasteiger charge is -2.44. The molecule has 78 heavy (non-hydrogen) atoms. The first-order valence-electron chi connectivity index (χ1n) is 27.0. The molecule has 440 valence electrons. The van der Waals surface area contributed by atoms with E-state index in [1.165, 1.54) is 172 Å². The molecule has 4 aromatic carbocycles. The summed E-state index contributed by atoms with van der Waals surface area (Å²) in [7, 11) is 0.